The number of hydrogen-bond acceptors (Lipinski definition) is 26. The van der Waals surface area contributed by atoms with Gasteiger partial charge in [0.05, 0.1) is 45.2 Å². The molecule has 0 unspecified atom stereocenters. The van der Waals surface area contributed by atoms with Crippen LogP contribution in [0, 0.1) is 0 Å². The zero-order valence-corrected chi connectivity index (χ0v) is 41.3. The van der Waals surface area contributed by atoms with Gasteiger partial charge in [-0.15, -0.1) is 0 Å². The van der Waals surface area contributed by atoms with E-state index < -0.39 is 213 Å². The molecule has 0 aromatic rings. The highest BCUT2D eigenvalue weighted by Gasteiger charge is 2.57. The van der Waals surface area contributed by atoms with Gasteiger partial charge in [0.1, 0.15) is 104 Å². The Bertz CT molecular complexity index is 1920. The number of aliphatic hydroxyl groups is 10. The van der Waals surface area contributed by atoms with Crippen molar-refractivity contribution >= 4 is 39.3 Å². The average molecular weight is 1110 g/mol. The van der Waals surface area contributed by atoms with Crippen molar-refractivity contribution in [2.45, 2.75) is 176 Å². The minimum absolute atomic E-state index is 0.693. The van der Waals surface area contributed by atoms with Crippen molar-refractivity contribution in [1.29, 1.82) is 0 Å². The zero-order chi connectivity index (χ0) is 55.0. The lowest BCUT2D eigenvalue weighted by Crippen LogP contribution is -2.72. The first-order chi connectivity index (χ1) is 33.9. The van der Waals surface area contributed by atoms with Gasteiger partial charge in [-0.3, -0.25) is 28.2 Å². The lowest BCUT2D eigenvalue weighted by atomic mass is 9.92. The number of phosphoric acid groups is 2. The largest absolute Gasteiger partial charge is 0.469 e. The molecule has 18 N–H and O–H groups in total. The van der Waals surface area contributed by atoms with E-state index in [9.17, 15) is 98.9 Å². The highest BCUT2D eigenvalue weighted by molar-refractivity contribution is 7.46. The first kappa shape index (κ1) is 62.9. The Morgan fingerprint density at radius 1 is 0.521 bits per heavy atom. The summed E-state index contributed by atoms with van der Waals surface area (Å²) in [6.45, 7) is 0.0802. The van der Waals surface area contributed by atoms with Crippen LogP contribution in [0.15, 0.2) is 0 Å². The van der Waals surface area contributed by atoms with Gasteiger partial charge in [-0.05, 0) is 6.92 Å². The molecule has 23 atom stereocenters. The molecule has 0 aliphatic carbocycles. The Morgan fingerprint density at radius 2 is 0.973 bits per heavy atom. The molecule has 4 aliphatic heterocycles. The van der Waals surface area contributed by atoms with Gasteiger partial charge in [0.15, 0.2) is 25.2 Å². The maximum absolute atomic E-state index is 12.9. The van der Waals surface area contributed by atoms with Crippen LogP contribution in [0.4, 0.5) is 0 Å². The molecule has 4 rings (SSSR count). The van der Waals surface area contributed by atoms with E-state index in [4.69, 9.17) is 42.4 Å². The third-order valence-electron chi connectivity index (χ3n) is 11.6. The maximum atomic E-state index is 12.9. The normalized spacial score (nSPS) is 38.6. The summed E-state index contributed by atoms with van der Waals surface area (Å²) in [6.07, 6.45) is -36.6. The quantitative estimate of drug-likeness (QED) is 0.0423. The molecule has 73 heavy (non-hydrogen) atoms. The van der Waals surface area contributed by atoms with Crippen molar-refractivity contribution < 1.29 is 146 Å². The minimum Gasteiger partial charge on any atom is -0.394 e. The molecule has 0 saturated carbocycles. The Balaban J connectivity index is 1.80. The zero-order valence-electron chi connectivity index (χ0n) is 39.5. The Morgan fingerprint density at radius 3 is 1.49 bits per heavy atom. The van der Waals surface area contributed by atoms with E-state index in [2.05, 4.69) is 25.8 Å². The third kappa shape index (κ3) is 17.4. The third-order valence-corrected chi connectivity index (χ3v) is 12.6. The summed E-state index contributed by atoms with van der Waals surface area (Å²) >= 11 is 0. The topological polar surface area (TPSA) is 526 Å². The SMILES string of the molecule is CC(=O)N[C@@H]1[C@H](O[C@@H]2O[C@H](CO)[C@@H](O)[C@H](O)[C@H]2O)[C@@H](NC(C)=O)[C@@H](O[C@@H]2[C@H](O)[C@@H](NC(C)=O)[C@@H](O[C@H]3[C@@H](O)[C@@H](COP(=O)(O)O)O[C@@H](OC[C@H](O)[C@H](O)[C@H](O)CO)[C@@H]3NC(C)=O)O[C@@H]2COP(=O)(O)O)O[C@@H]1C. The molecule has 0 aromatic carbocycles. The van der Waals surface area contributed by atoms with E-state index in [1.54, 1.807) is 0 Å². The van der Waals surface area contributed by atoms with Gasteiger partial charge in [0, 0.05) is 27.7 Å². The molecule has 34 nitrogen and oxygen atoms in total. The van der Waals surface area contributed by atoms with Gasteiger partial charge in [0.2, 0.25) is 23.6 Å². The number of amides is 4. The second kappa shape index (κ2) is 27.1. The van der Waals surface area contributed by atoms with Crippen molar-refractivity contribution in [2.24, 2.45) is 0 Å². The number of carbonyl (C=O) groups is 4. The van der Waals surface area contributed by atoms with Crippen LogP contribution in [-0.2, 0) is 75.3 Å². The van der Waals surface area contributed by atoms with E-state index >= 15 is 0 Å². The molecule has 4 aliphatic rings. The van der Waals surface area contributed by atoms with Gasteiger partial charge in [-0.1, -0.05) is 0 Å². The van der Waals surface area contributed by atoms with Crippen LogP contribution >= 0.6 is 15.6 Å². The van der Waals surface area contributed by atoms with Crippen LogP contribution in [0.1, 0.15) is 34.6 Å². The van der Waals surface area contributed by atoms with Crippen LogP contribution in [0.2, 0.25) is 0 Å². The van der Waals surface area contributed by atoms with Gasteiger partial charge >= 0.3 is 15.6 Å². The lowest BCUT2D eigenvalue weighted by Gasteiger charge is -2.51. The first-order valence-electron chi connectivity index (χ1n) is 22.2. The highest BCUT2D eigenvalue weighted by atomic mass is 31.2. The highest BCUT2D eigenvalue weighted by Crippen LogP contribution is 2.41. The Hall–Kier alpha value is -2.62. The average Bonchev–Trinajstić information content (AvgIpc) is 3.28. The molecule has 4 fully saturated rings. The predicted octanol–water partition coefficient (Wildman–Crippen LogP) is -9.81. The second-order valence-electron chi connectivity index (χ2n) is 17.4. The lowest BCUT2D eigenvalue weighted by molar-refractivity contribution is -0.356. The summed E-state index contributed by atoms with van der Waals surface area (Å²) in [4.78, 5) is 89.3. The summed E-state index contributed by atoms with van der Waals surface area (Å²) in [5, 5.41) is 115. The molecule has 4 heterocycles. The predicted molar refractivity (Wildman–Crippen MR) is 230 cm³/mol. The van der Waals surface area contributed by atoms with E-state index in [0.29, 0.717) is 0 Å². The monoisotopic (exact) mass is 1110 g/mol. The van der Waals surface area contributed by atoms with Crippen molar-refractivity contribution in [3.8, 4) is 0 Å². The first-order valence-corrected chi connectivity index (χ1v) is 25.3. The number of aliphatic hydroxyl groups excluding tert-OH is 10. The van der Waals surface area contributed by atoms with Crippen molar-refractivity contribution in [1.82, 2.24) is 21.3 Å². The summed E-state index contributed by atoms with van der Waals surface area (Å²) < 4.78 is 80.5. The van der Waals surface area contributed by atoms with E-state index in [-0.39, 0.29) is 0 Å². The number of nitrogens with one attached hydrogen (secondary N) is 4. The number of phosphoric ester groups is 2. The standard InChI is InChI=1S/C37H66N4O30P2/c1-11-21(38-12(2)44)32(70-37-30(55)29(54)26(51)18(7-43)66-37)23(40-14(4)46)36(65-11)69-31-20(10-64-73(59,60)61)68-35(22(28(31)53)39-13(3)45)71-33-24(41-15(5)47)34(62-8-17(49)25(50)16(48)6-42)67-19(27(33)52)9-63-72(56,57)58/h11,16-37,42-43,48-55H,6-10H2,1-5H3,(H,38,44)(H,39,45)(H,40,46)(H,41,47)(H2,56,57,58)(H2,59,60,61)/t11-,16-,17+,18-,19-,20-,21+,22-,23-,24-,25-,26-,27+,28-,29+,30-,31+,32+,33-,34-,35-,36-,37+/m1/s1. The van der Waals surface area contributed by atoms with E-state index in [0.717, 1.165) is 27.7 Å². The van der Waals surface area contributed by atoms with Crippen LogP contribution in [0.3, 0.4) is 0 Å². The summed E-state index contributed by atoms with van der Waals surface area (Å²) in [7, 11) is -10.8. The smallest absolute Gasteiger partial charge is 0.394 e. The van der Waals surface area contributed by atoms with Gasteiger partial charge in [-0.25, -0.2) is 9.13 Å². The molecule has 4 amide bonds. The van der Waals surface area contributed by atoms with Crippen LogP contribution < -0.4 is 21.3 Å². The van der Waals surface area contributed by atoms with Crippen molar-refractivity contribution in [3.63, 3.8) is 0 Å². The summed E-state index contributed by atoms with van der Waals surface area (Å²) in [6, 6.07) is -6.74. The minimum atomic E-state index is -5.47. The van der Waals surface area contributed by atoms with E-state index in [1.807, 2.05) is 0 Å². The summed E-state index contributed by atoms with van der Waals surface area (Å²) in [5.41, 5.74) is 0. The molecule has 0 spiro atoms. The van der Waals surface area contributed by atoms with Crippen LogP contribution in [0.25, 0.3) is 0 Å². The second-order valence-corrected chi connectivity index (χ2v) is 19.9. The molecule has 424 valence electrons. The number of ether oxygens (including phenoxy) is 8. The maximum Gasteiger partial charge on any atom is 0.469 e. The number of rotatable bonds is 23. The Labute approximate surface area is 414 Å². The number of hydrogen-bond donors (Lipinski definition) is 18. The molecule has 0 bridgehead atoms. The van der Waals surface area contributed by atoms with Crippen molar-refractivity contribution in [2.75, 3.05) is 33.0 Å². The molecule has 0 radical (unpaired) electrons. The Kier molecular flexibility index (Phi) is 23.4. The van der Waals surface area contributed by atoms with Gasteiger partial charge in [-0.2, -0.15) is 0 Å². The fourth-order valence-corrected chi connectivity index (χ4v) is 8.93. The fourth-order valence-electron chi connectivity index (χ4n) is 8.25. The molecule has 0 aromatic heterocycles. The van der Waals surface area contributed by atoms with Crippen LogP contribution in [-0.4, -0.2) is 268 Å². The van der Waals surface area contributed by atoms with Crippen molar-refractivity contribution in [3.05, 3.63) is 0 Å². The summed E-state index contributed by atoms with van der Waals surface area (Å²) in [5.74, 6) is -3.37. The molecular formula is C37H66N4O30P2. The molecule has 36 heteroatoms. The van der Waals surface area contributed by atoms with Crippen LogP contribution in [0.5, 0.6) is 0 Å². The fraction of sp³-hybridized carbons (Fsp3) is 0.892. The molecular weight excluding hydrogens is 1040 g/mol. The van der Waals surface area contributed by atoms with Gasteiger partial charge < -0.3 is 130 Å². The van der Waals surface area contributed by atoms with Gasteiger partial charge in [0.25, 0.3) is 0 Å². The number of carbonyl (C=O) groups excluding carboxylic acids is 4. The molecule has 4 saturated heterocycles. The van der Waals surface area contributed by atoms with E-state index in [1.165, 1.54) is 6.92 Å².